The van der Waals surface area contributed by atoms with Crippen LogP contribution >= 0.6 is 0 Å². The second kappa shape index (κ2) is 6.06. The molecule has 1 heterocycles. The van der Waals surface area contributed by atoms with Crippen molar-refractivity contribution >= 4 is 5.91 Å². The number of piperazine rings is 1. The fourth-order valence-electron chi connectivity index (χ4n) is 8.05. The summed E-state index contributed by atoms with van der Waals surface area (Å²) >= 11 is 0. The number of carbonyl (C=O) groups excluding carboxylic acids is 1. The number of aryl methyl sites for hydroxylation is 1. The van der Waals surface area contributed by atoms with E-state index in [9.17, 15) is 4.79 Å². The summed E-state index contributed by atoms with van der Waals surface area (Å²) in [6.07, 6.45) is 5.25. The van der Waals surface area contributed by atoms with Gasteiger partial charge in [-0.25, -0.2) is 0 Å². The van der Waals surface area contributed by atoms with E-state index in [0.29, 0.717) is 11.3 Å². The van der Waals surface area contributed by atoms with Crippen molar-refractivity contribution in [3.63, 3.8) is 0 Å². The van der Waals surface area contributed by atoms with Gasteiger partial charge in [0.1, 0.15) is 0 Å². The third-order valence-corrected chi connectivity index (χ3v) is 9.29. The minimum Gasteiger partial charge on any atom is -0.354 e. The first-order valence-corrected chi connectivity index (χ1v) is 11.4. The van der Waals surface area contributed by atoms with Crippen LogP contribution in [0.4, 0.5) is 0 Å². The Balaban J connectivity index is 0.943. The molecule has 0 aromatic heterocycles. The molecule has 28 heavy (non-hydrogen) atoms. The Hall–Kier alpha value is -1.39. The number of hydrogen-bond acceptors (Lipinski definition) is 3. The SMILES string of the molecule is Cc1cccc(CN2CCN(CCNC(=O)C34CC5CC6CC(C3)C654)CC2)c1. The van der Waals surface area contributed by atoms with E-state index in [1.807, 2.05) is 0 Å². The molecule has 1 saturated heterocycles. The van der Waals surface area contributed by atoms with Crippen LogP contribution < -0.4 is 5.32 Å². The summed E-state index contributed by atoms with van der Waals surface area (Å²) in [5, 5.41) is 3.34. The van der Waals surface area contributed by atoms with Gasteiger partial charge in [-0.15, -0.1) is 0 Å². The Labute approximate surface area is 168 Å². The van der Waals surface area contributed by atoms with Crippen molar-refractivity contribution in [2.24, 2.45) is 28.6 Å². The summed E-state index contributed by atoms with van der Waals surface area (Å²) in [6, 6.07) is 8.86. The molecule has 4 aliphatic carbocycles. The van der Waals surface area contributed by atoms with Crippen molar-refractivity contribution in [1.82, 2.24) is 15.1 Å². The molecule has 150 valence electrons. The third kappa shape index (κ3) is 2.16. The van der Waals surface area contributed by atoms with Gasteiger partial charge in [-0.2, -0.15) is 0 Å². The van der Waals surface area contributed by atoms with E-state index < -0.39 is 0 Å². The Kier molecular flexibility index (Phi) is 3.78. The quantitative estimate of drug-likeness (QED) is 0.825. The minimum absolute atomic E-state index is 0.0794. The van der Waals surface area contributed by atoms with E-state index >= 15 is 0 Å². The Morgan fingerprint density at radius 1 is 1.07 bits per heavy atom. The number of nitrogens with zero attached hydrogens (tertiary/aromatic N) is 2. The topological polar surface area (TPSA) is 35.6 Å². The first-order valence-electron chi connectivity index (χ1n) is 11.4. The zero-order valence-corrected chi connectivity index (χ0v) is 17.1. The molecule has 4 nitrogen and oxygen atoms in total. The highest BCUT2D eigenvalue weighted by Crippen LogP contribution is 2.92. The van der Waals surface area contributed by atoms with Crippen LogP contribution in [0.1, 0.15) is 36.8 Å². The van der Waals surface area contributed by atoms with Gasteiger partial charge in [0.2, 0.25) is 5.91 Å². The highest BCUT2D eigenvalue weighted by molar-refractivity contribution is 5.87. The maximum absolute atomic E-state index is 12.9. The lowest BCUT2D eigenvalue weighted by atomic mass is 9.13. The molecule has 6 rings (SSSR count). The molecule has 1 aromatic rings. The molecule has 5 aliphatic rings. The summed E-state index contributed by atoms with van der Waals surface area (Å²) in [4.78, 5) is 18.0. The zero-order chi connectivity index (χ0) is 18.9. The third-order valence-electron chi connectivity index (χ3n) is 9.29. The number of hydrogen-bond donors (Lipinski definition) is 1. The monoisotopic (exact) mass is 379 g/mol. The van der Waals surface area contributed by atoms with Crippen LogP contribution in [0.3, 0.4) is 0 Å². The highest BCUT2D eigenvalue weighted by Gasteiger charge is 2.89. The Morgan fingerprint density at radius 3 is 2.43 bits per heavy atom. The molecule has 0 radical (unpaired) electrons. The maximum atomic E-state index is 12.9. The summed E-state index contributed by atoms with van der Waals surface area (Å²) in [6.45, 7) is 9.53. The average molecular weight is 380 g/mol. The van der Waals surface area contributed by atoms with Gasteiger partial charge >= 0.3 is 0 Å². The van der Waals surface area contributed by atoms with Crippen LogP contribution in [0.25, 0.3) is 0 Å². The Bertz CT molecular complexity index is 771. The molecular weight excluding hydrogens is 346 g/mol. The zero-order valence-electron chi connectivity index (χ0n) is 17.1. The molecule has 2 unspecified atom stereocenters. The van der Waals surface area contributed by atoms with Crippen LogP contribution in [0, 0.1) is 35.5 Å². The fourth-order valence-corrected chi connectivity index (χ4v) is 8.05. The summed E-state index contributed by atoms with van der Waals surface area (Å²) in [7, 11) is 0. The first kappa shape index (κ1) is 17.5. The van der Waals surface area contributed by atoms with Crippen molar-refractivity contribution in [3.05, 3.63) is 35.4 Å². The van der Waals surface area contributed by atoms with Gasteiger partial charge in [-0.3, -0.25) is 14.6 Å². The standard InChI is InChI=1S/C24H33N3O/c1-17-3-2-4-18(11-17)16-27-9-7-26(8-10-27)6-5-25-22(28)23-14-20-12-19-13-21(15-23)24(19,20)23/h2-4,11,19-21H,5-10,12-16H2,1H3,(H,25,28). The first-order chi connectivity index (χ1) is 13.6. The lowest BCUT2D eigenvalue weighted by molar-refractivity contribution is -0.413. The second-order valence-electron chi connectivity index (χ2n) is 10.3. The van der Waals surface area contributed by atoms with Gasteiger partial charge in [0.25, 0.3) is 0 Å². The van der Waals surface area contributed by atoms with Gasteiger partial charge in [0.15, 0.2) is 0 Å². The van der Waals surface area contributed by atoms with Gasteiger partial charge in [-0.1, -0.05) is 29.8 Å². The molecule has 2 atom stereocenters. The molecule has 0 bridgehead atoms. The van der Waals surface area contributed by atoms with Crippen LogP contribution in [0.5, 0.6) is 0 Å². The van der Waals surface area contributed by atoms with E-state index in [0.717, 1.165) is 63.6 Å². The smallest absolute Gasteiger partial charge is 0.226 e. The number of benzene rings is 1. The molecule has 1 aliphatic heterocycles. The molecule has 1 aromatic carbocycles. The summed E-state index contributed by atoms with van der Waals surface area (Å²) in [5.74, 6) is 3.15. The fraction of sp³-hybridized carbons (Fsp3) is 0.708. The predicted molar refractivity (Wildman–Crippen MR) is 110 cm³/mol. The number of carbonyl (C=O) groups is 1. The Morgan fingerprint density at radius 2 is 1.79 bits per heavy atom. The van der Waals surface area contributed by atoms with E-state index in [2.05, 4.69) is 46.3 Å². The molecule has 4 saturated carbocycles. The lowest BCUT2D eigenvalue weighted by Gasteiger charge is -2.90. The largest absolute Gasteiger partial charge is 0.354 e. The molecule has 1 N–H and O–H groups in total. The van der Waals surface area contributed by atoms with Crippen LogP contribution in [-0.4, -0.2) is 55.0 Å². The van der Waals surface area contributed by atoms with Crippen LogP contribution in [-0.2, 0) is 11.3 Å². The number of amides is 1. The van der Waals surface area contributed by atoms with Gasteiger partial charge in [-0.05, 0) is 61.3 Å². The predicted octanol–water partition coefficient (Wildman–Crippen LogP) is 2.67. The van der Waals surface area contributed by atoms with E-state index in [1.54, 1.807) is 0 Å². The van der Waals surface area contributed by atoms with Crippen molar-refractivity contribution in [1.29, 1.82) is 0 Å². The van der Waals surface area contributed by atoms with E-state index in [1.165, 1.54) is 36.8 Å². The molecule has 1 amide bonds. The number of nitrogens with one attached hydrogen (secondary N) is 1. The van der Waals surface area contributed by atoms with Crippen LogP contribution in [0.15, 0.2) is 24.3 Å². The van der Waals surface area contributed by atoms with Crippen molar-refractivity contribution in [2.75, 3.05) is 39.3 Å². The van der Waals surface area contributed by atoms with Crippen molar-refractivity contribution in [2.45, 2.75) is 39.2 Å². The minimum atomic E-state index is 0.0794. The molecule has 1 spiro atoms. The summed E-state index contributed by atoms with van der Waals surface area (Å²) < 4.78 is 0. The average Bonchev–Trinajstić information content (AvgIpc) is 2.61. The van der Waals surface area contributed by atoms with Gasteiger partial charge in [0, 0.05) is 45.8 Å². The van der Waals surface area contributed by atoms with E-state index in [4.69, 9.17) is 0 Å². The molecule has 5 fully saturated rings. The van der Waals surface area contributed by atoms with Crippen molar-refractivity contribution < 1.29 is 4.79 Å². The van der Waals surface area contributed by atoms with E-state index in [-0.39, 0.29) is 5.41 Å². The molecular formula is C24H33N3O. The molecule has 4 heteroatoms. The van der Waals surface area contributed by atoms with Gasteiger partial charge < -0.3 is 5.32 Å². The van der Waals surface area contributed by atoms with Gasteiger partial charge in [0.05, 0.1) is 5.41 Å². The van der Waals surface area contributed by atoms with Crippen molar-refractivity contribution in [3.8, 4) is 0 Å². The second-order valence-corrected chi connectivity index (χ2v) is 10.3. The summed E-state index contributed by atoms with van der Waals surface area (Å²) in [5.41, 5.74) is 3.35. The highest BCUT2D eigenvalue weighted by atomic mass is 16.2. The lowest BCUT2D eigenvalue weighted by Crippen LogP contribution is -2.88. The maximum Gasteiger partial charge on any atom is 0.226 e. The number of rotatable bonds is 6. The van der Waals surface area contributed by atoms with Crippen LogP contribution in [0.2, 0.25) is 0 Å². The normalized spacial score (nSPS) is 40.8.